The molecule has 1 amide bonds. The molecule has 0 radical (unpaired) electrons. The Kier molecular flexibility index (Phi) is 6.54. The highest BCUT2D eigenvalue weighted by molar-refractivity contribution is 6.62. The lowest BCUT2D eigenvalue weighted by Gasteiger charge is -2.36. The summed E-state index contributed by atoms with van der Waals surface area (Å²) in [7, 11) is 1.11. The number of carbonyl (C=O) groups is 1. The number of rotatable bonds is 4. The van der Waals surface area contributed by atoms with Crippen molar-refractivity contribution in [1.29, 1.82) is 0 Å². The molecule has 172 valence electrons. The standard InChI is InChI=1S/C23H36BNO6/c1-21(2,3)29-20(26)25-14-10-9-11-19(25)28-17-13-12-16(15-18(17)27-8)24-30-22(4,5)23(6,7)31-24/h12-13,15,19H,9-11,14H2,1-8H3. The molecule has 0 aliphatic carbocycles. The number of benzene rings is 1. The molecule has 1 aromatic rings. The van der Waals surface area contributed by atoms with Gasteiger partial charge >= 0.3 is 13.2 Å². The van der Waals surface area contributed by atoms with E-state index in [4.69, 9.17) is 23.5 Å². The van der Waals surface area contributed by atoms with E-state index in [0.29, 0.717) is 18.0 Å². The van der Waals surface area contributed by atoms with E-state index >= 15 is 0 Å². The van der Waals surface area contributed by atoms with Crippen molar-refractivity contribution in [2.24, 2.45) is 0 Å². The number of carbonyl (C=O) groups excluding carboxylic acids is 1. The van der Waals surface area contributed by atoms with Crippen molar-refractivity contribution < 1.29 is 28.3 Å². The molecule has 3 rings (SSSR count). The summed E-state index contributed by atoms with van der Waals surface area (Å²) in [6, 6.07) is 5.64. The van der Waals surface area contributed by atoms with E-state index in [9.17, 15) is 4.79 Å². The largest absolute Gasteiger partial charge is 0.494 e. The predicted molar refractivity (Wildman–Crippen MR) is 120 cm³/mol. The minimum absolute atomic E-state index is 0.356. The van der Waals surface area contributed by atoms with Crippen molar-refractivity contribution in [2.75, 3.05) is 13.7 Å². The molecule has 2 saturated heterocycles. The quantitative estimate of drug-likeness (QED) is 0.666. The molecule has 0 bridgehead atoms. The molecule has 2 fully saturated rings. The summed E-state index contributed by atoms with van der Waals surface area (Å²) >= 11 is 0. The fourth-order valence-electron chi connectivity index (χ4n) is 3.61. The van der Waals surface area contributed by atoms with Crippen LogP contribution in [0.4, 0.5) is 4.79 Å². The van der Waals surface area contributed by atoms with Crippen molar-refractivity contribution >= 4 is 18.7 Å². The third kappa shape index (κ3) is 5.29. The first-order valence-electron chi connectivity index (χ1n) is 11.0. The average molecular weight is 433 g/mol. The van der Waals surface area contributed by atoms with E-state index in [-0.39, 0.29) is 6.09 Å². The third-order valence-corrected chi connectivity index (χ3v) is 6.05. The summed E-state index contributed by atoms with van der Waals surface area (Å²) in [5, 5.41) is 0. The van der Waals surface area contributed by atoms with Gasteiger partial charge in [0, 0.05) is 13.0 Å². The molecule has 2 heterocycles. The summed E-state index contributed by atoms with van der Waals surface area (Å²) in [6.07, 6.45) is 1.89. The Bertz CT molecular complexity index is 788. The third-order valence-electron chi connectivity index (χ3n) is 6.05. The number of likely N-dealkylation sites (tertiary alicyclic amines) is 1. The van der Waals surface area contributed by atoms with Crippen molar-refractivity contribution in [3.8, 4) is 11.5 Å². The van der Waals surface area contributed by atoms with Crippen LogP contribution in [-0.2, 0) is 14.0 Å². The van der Waals surface area contributed by atoms with Crippen molar-refractivity contribution in [1.82, 2.24) is 4.90 Å². The Balaban J connectivity index is 1.77. The Morgan fingerprint density at radius 2 is 1.74 bits per heavy atom. The zero-order chi connectivity index (χ0) is 23.0. The van der Waals surface area contributed by atoms with Crippen LogP contribution in [0.25, 0.3) is 0 Å². The van der Waals surface area contributed by atoms with Crippen LogP contribution in [-0.4, -0.2) is 54.8 Å². The second-order valence-electron chi connectivity index (χ2n) is 10.2. The van der Waals surface area contributed by atoms with Gasteiger partial charge in [-0.2, -0.15) is 0 Å². The SMILES string of the molecule is COc1cc(B2OC(C)(C)C(C)(C)O2)ccc1OC1CCCCN1C(=O)OC(C)(C)C. The van der Waals surface area contributed by atoms with Crippen LogP contribution in [0.2, 0.25) is 0 Å². The van der Waals surface area contributed by atoms with Gasteiger partial charge in [0.25, 0.3) is 0 Å². The first-order chi connectivity index (χ1) is 14.3. The molecular weight excluding hydrogens is 397 g/mol. The molecule has 1 unspecified atom stereocenters. The summed E-state index contributed by atoms with van der Waals surface area (Å²) in [6.45, 7) is 14.3. The van der Waals surface area contributed by atoms with Gasteiger partial charge < -0.3 is 23.5 Å². The smallest absolute Gasteiger partial charge is 0.493 e. The molecule has 7 nitrogen and oxygen atoms in total. The van der Waals surface area contributed by atoms with Crippen LogP contribution in [0, 0.1) is 0 Å². The van der Waals surface area contributed by atoms with E-state index in [2.05, 4.69) is 0 Å². The van der Waals surface area contributed by atoms with E-state index in [1.54, 1.807) is 12.0 Å². The van der Waals surface area contributed by atoms with Gasteiger partial charge in [0.2, 0.25) is 0 Å². The average Bonchev–Trinajstić information content (AvgIpc) is 2.88. The van der Waals surface area contributed by atoms with Gasteiger partial charge in [0.1, 0.15) is 5.60 Å². The van der Waals surface area contributed by atoms with Crippen LogP contribution in [0.5, 0.6) is 11.5 Å². The number of ether oxygens (including phenoxy) is 3. The molecule has 0 saturated carbocycles. The van der Waals surface area contributed by atoms with Crippen LogP contribution in [0.3, 0.4) is 0 Å². The first-order valence-corrected chi connectivity index (χ1v) is 11.0. The molecule has 2 aliphatic heterocycles. The Morgan fingerprint density at radius 3 is 2.32 bits per heavy atom. The summed E-state index contributed by atoms with van der Waals surface area (Å²) < 4.78 is 29.7. The highest BCUT2D eigenvalue weighted by Gasteiger charge is 2.51. The number of hydrogen-bond donors (Lipinski definition) is 0. The van der Waals surface area contributed by atoms with Crippen molar-refractivity contribution in [2.45, 2.75) is 90.8 Å². The zero-order valence-electron chi connectivity index (χ0n) is 20.1. The second-order valence-corrected chi connectivity index (χ2v) is 10.2. The molecule has 1 aromatic carbocycles. The van der Waals surface area contributed by atoms with Gasteiger partial charge in [-0.3, -0.25) is 4.90 Å². The number of nitrogens with zero attached hydrogens (tertiary/aromatic N) is 1. The van der Waals surface area contributed by atoms with Gasteiger partial charge in [-0.05, 0) is 78.9 Å². The van der Waals surface area contributed by atoms with E-state index in [0.717, 1.165) is 24.7 Å². The molecule has 2 aliphatic rings. The Labute approximate surface area is 186 Å². The summed E-state index contributed by atoms with van der Waals surface area (Å²) in [5.74, 6) is 1.14. The number of methoxy groups -OCH3 is 1. The highest BCUT2D eigenvalue weighted by Crippen LogP contribution is 2.37. The van der Waals surface area contributed by atoms with Crippen LogP contribution in [0.1, 0.15) is 67.7 Å². The topological polar surface area (TPSA) is 66.5 Å². The number of piperidine rings is 1. The zero-order valence-corrected chi connectivity index (χ0v) is 20.1. The van der Waals surface area contributed by atoms with Crippen LogP contribution >= 0.6 is 0 Å². The Morgan fingerprint density at radius 1 is 1.10 bits per heavy atom. The first kappa shape index (κ1) is 23.7. The van der Waals surface area contributed by atoms with E-state index in [1.165, 1.54) is 0 Å². The van der Waals surface area contributed by atoms with E-state index in [1.807, 2.05) is 66.7 Å². The maximum atomic E-state index is 12.7. The molecule has 31 heavy (non-hydrogen) atoms. The van der Waals surface area contributed by atoms with E-state index < -0.39 is 30.1 Å². The second kappa shape index (κ2) is 8.55. The lowest BCUT2D eigenvalue weighted by atomic mass is 9.79. The van der Waals surface area contributed by atoms with Crippen molar-refractivity contribution in [3.05, 3.63) is 18.2 Å². The predicted octanol–water partition coefficient (Wildman–Crippen LogP) is 4.12. The lowest BCUT2D eigenvalue weighted by Crippen LogP contribution is -2.48. The van der Waals surface area contributed by atoms with Gasteiger partial charge in [-0.1, -0.05) is 6.07 Å². The molecule has 8 heteroatoms. The van der Waals surface area contributed by atoms with Crippen molar-refractivity contribution in [3.63, 3.8) is 0 Å². The highest BCUT2D eigenvalue weighted by atomic mass is 16.7. The van der Waals surface area contributed by atoms with Gasteiger partial charge in [0.05, 0.1) is 18.3 Å². The van der Waals surface area contributed by atoms with Gasteiger partial charge in [-0.15, -0.1) is 0 Å². The minimum Gasteiger partial charge on any atom is -0.493 e. The minimum atomic E-state index is -0.554. The molecule has 0 N–H and O–H groups in total. The van der Waals surface area contributed by atoms with Crippen LogP contribution < -0.4 is 14.9 Å². The van der Waals surface area contributed by atoms with Gasteiger partial charge in [0.15, 0.2) is 17.7 Å². The van der Waals surface area contributed by atoms with Crippen LogP contribution in [0.15, 0.2) is 18.2 Å². The number of hydrogen-bond acceptors (Lipinski definition) is 6. The van der Waals surface area contributed by atoms with Gasteiger partial charge in [-0.25, -0.2) is 4.79 Å². The normalized spacial score (nSPS) is 22.9. The maximum Gasteiger partial charge on any atom is 0.494 e. The molecule has 0 spiro atoms. The fraction of sp³-hybridized carbons (Fsp3) is 0.696. The molecular formula is C23H36BNO6. The molecule has 0 aromatic heterocycles. The summed E-state index contributed by atoms with van der Waals surface area (Å²) in [5.41, 5.74) is -0.538. The monoisotopic (exact) mass is 433 g/mol. The Hall–Kier alpha value is -1.93. The molecule has 1 atom stereocenters. The fourth-order valence-corrected chi connectivity index (χ4v) is 3.61. The number of amides is 1. The summed E-state index contributed by atoms with van der Waals surface area (Å²) in [4.78, 5) is 14.3. The maximum absolute atomic E-state index is 12.7. The lowest BCUT2D eigenvalue weighted by molar-refractivity contribution is -0.0348.